The minimum atomic E-state index is -0.364. The zero-order valence-electron chi connectivity index (χ0n) is 13.2. The second-order valence-corrected chi connectivity index (χ2v) is 4.60. The molecule has 0 bridgehead atoms. The average molecular weight is 303 g/mol. The van der Waals surface area contributed by atoms with E-state index < -0.39 is 0 Å². The monoisotopic (exact) mass is 303 g/mol. The number of aromatic amines is 1. The van der Waals surface area contributed by atoms with Gasteiger partial charge in [-0.2, -0.15) is 9.36 Å². The molecule has 3 heterocycles. The molecular formula is C13H15N7O2. The van der Waals surface area contributed by atoms with Crippen molar-refractivity contribution in [1.82, 2.24) is 35.0 Å². The normalized spacial score (nSPS) is 11.5. The van der Waals surface area contributed by atoms with Gasteiger partial charge in [0.15, 0.2) is 1.41 Å². The van der Waals surface area contributed by atoms with Crippen LogP contribution in [-0.2, 0) is 20.1 Å². The molecule has 0 spiro atoms. The van der Waals surface area contributed by atoms with Crippen LogP contribution in [0.4, 0.5) is 0 Å². The van der Waals surface area contributed by atoms with Gasteiger partial charge in [-0.25, -0.2) is 4.79 Å². The maximum absolute atomic E-state index is 12.1. The fourth-order valence-electron chi connectivity index (χ4n) is 2.08. The van der Waals surface area contributed by atoms with E-state index in [2.05, 4.69) is 20.5 Å². The van der Waals surface area contributed by atoms with Crippen LogP contribution in [0.2, 0.25) is 1.41 Å². The Kier molecular flexibility index (Phi) is 3.36. The molecule has 0 aliphatic heterocycles. The van der Waals surface area contributed by atoms with E-state index in [0.717, 1.165) is 27.3 Å². The van der Waals surface area contributed by atoms with Gasteiger partial charge in [-0.3, -0.25) is 10.1 Å². The summed E-state index contributed by atoms with van der Waals surface area (Å²) < 4.78 is 15.3. The van der Waals surface area contributed by atoms with Crippen molar-refractivity contribution >= 4 is 0 Å². The number of aromatic nitrogens is 7. The van der Waals surface area contributed by atoms with Crippen LogP contribution in [-0.4, -0.2) is 35.0 Å². The van der Waals surface area contributed by atoms with E-state index in [1.807, 2.05) is 6.92 Å². The smallest absolute Gasteiger partial charge is 0.368 e. The van der Waals surface area contributed by atoms with Crippen molar-refractivity contribution in [3.05, 3.63) is 46.3 Å². The molecule has 0 saturated carbocycles. The summed E-state index contributed by atoms with van der Waals surface area (Å²) in [5, 5.41) is 12.3. The minimum Gasteiger partial charge on any atom is -0.472 e. The first-order valence-corrected chi connectivity index (χ1v) is 6.73. The van der Waals surface area contributed by atoms with Crippen molar-refractivity contribution < 1.29 is 6.15 Å². The number of nitrogens with zero attached hydrogens (tertiary/aromatic N) is 6. The van der Waals surface area contributed by atoms with Gasteiger partial charge in [-0.1, -0.05) is 6.92 Å². The first-order valence-electron chi connectivity index (χ1n) is 7.17. The third-order valence-electron chi connectivity index (χ3n) is 3.26. The van der Waals surface area contributed by atoms with E-state index in [-0.39, 0.29) is 12.3 Å². The number of pyridine rings is 1. The molecule has 3 aromatic rings. The van der Waals surface area contributed by atoms with E-state index >= 15 is 0 Å². The molecule has 0 fully saturated rings. The van der Waals surface area contributed by atoms with Gasteiger partial charge in [0.1, 0.15) is 6.61 Å². The van der Waals surface area contributed by atoms with Crippen molar-refractivity contribution in [3.63, 3.8) is 0 Å². The number of aryl methyl sites for hydroxylation is 2. The molecule has 9 heteroatoms. The minimum absolute atomic E-state index is 0.182. The molecule has 0 radical (unpaired) electrons. The highest BCUT2D eigenvalue weighted by Crippen LogP contribution is 2.18. The third kappa shape index (κ3) is 2.48. The van der Waals surface area contributed by atoms with Gasteiger partial charge in [0.05, 0.1) is 11.9 Å². The Labute approximate surface area is 127 Å². The van der Waals surface area contributed by atoms with Crippen molar-refractivity contribution in [1.29, 1.82) is 0 Å². The van der Waals surface area contributed by atoms with Crippen molar-refractivity contribution in [2.24, 2.45) is 7.05 Å². The molecule has 0 unspecified atom stereocenters. The van der Waals surface area contributed by atoms with E-state index in [1.165, 1.54) is 17.9 Å². The maximum Gasteiger partial charge on any atom is 0.368 e. The van der Waals surface area contributed by atoms with Gasteiger partial charge >= 0.3 is 5.69 Å². The molecule has 1 N–H and O–H groups in total. The standard InChI is InChI=1S/C13H15N7O2/c1-3-9-6-14-7-11(20-13(21)19(2)17-18-20)10(9)8-22-12-4-5-15-16-12/h4-7H,3,8H2,1-2H3,(H,15,16)/i/hT. The molecule has 114 valence electrons. The molecule has 0 atom stereocenters. The Morgan fingerprint density at radius 1 is 1.41 bits per heavy atom. The van der Waals surface area contributed by atoms with Crippen LogP contribution in [0.1, 0.15) is 18.1 Å². The third-order valence-corrected chi connectivity index (χ3v) is 3.26. The second kappa shape index (κ2) is 5.80. The zero-order chi connectivity index (χ0) is 16.4. The highest BCUT2D eigenvalue weighted by atomic mass is 16.5. The van der Waals surface area contributed by atoms with Crippen LogP contribution >= 0.6 is 0 Å². The fraction of sp³-hybridized carbons (Fsp3) is 0.308. The molecule has 9 nitrogen and oxygen atoms in total. The van der Waals surface area contributed by atoms with Gasteiger partial charge in [-0.05, 0) is 22.4 Å². The topological polar surface area (TPSA) is 104 Å². The van der Waals surface area contributed by atoms with Gasteiger partial charge in [-0.15, -0.1) is 5.10 Å². The van der Waals surface area contributed by atoms with Gasteiger partial charge in [0.2, 0.25) is 5.88 Å². The number of tetrazole rings is 1. The summed E-state index contributed by atoms with van der Waals surface area (Å²) >= 11 is 0. The Hall–Kier alpha value is -2.97. The largest absolute Gasteiger partial charge is 0.472 e. The highest BCUT2D eigenvalue weighted by molar-refractivity contribution is 5.42. The summed E-state index contributed by atoms with van der Waals surface area (Å²) in [7, 11) is 1.53. The van der Waals surface area contributed by atoms with E-state index in [1.54, 1.807) is 18.5 Å². The van der Waals surface area contributed by atoms with Crippen LogP contribution in [0.5, 0.6) is 5.88 Å². The van der Waals surface area contributed by atoms with Gasteiger partial charge in [0.25, 0.3) is 0 Å². The lowest BCUT2D eigenvalue weighted by atomic mass is 10.1. The van der Waals surface area contributed by atoms with E-state index in [4.69, 9.17) is 6.15 Å². The predicted octanol–water partition coefficient (Wildman–Crippen LogP) is 0.225. The number of ether oxygens (including phenoxy) is 1. The highest BCUT2D eigenvalue weighted by Gasteiger charge is 2.15. The summed E-state index contributed by atoms with van der Waals surface area (Å²) in [6, 6.07) is 1.59. The molecule has 0 aliphatic rings. The zero-order valence-corrected chi connectivity index (χ0v) is 12.2. The Morgan fingerprint density at radius 3 is 2.91 bits per heavy atom. The van der Waals surface area contributed by atoms with Crippen LogP contribution in [0.3, 0.4) is 0 Å². The molecule has 3 aromatic heterocycles. The van der Waals surface area contributed by atoms with Crippen LogP contribution in [0, 0.1) is 0 Å². The molecule has 0 saturated heterocycles. The summed E-state index contributed by atoms with van der Waals surface area (Å²) in [5.74, 6) is 0.330. The van der Waals surface area contributed by atoms with Crippen molar-refractivity contribution in [3.8, 4) is 11.6 Å². The summed E-state index contributed by atoms with van der Waals surface area (Å²) in [6.07, 6.45) is 5.47. The molecular weight excluding hydrogens is 286 g/mol. The number of rotatable bonds is 5. The molecule has 22 heavy (non-hydrogen) atoms. The Bertz CT molecular complexity index is 883. The SMILES string of the molecule is [3H]n1ccc(OCc2c(CC)cncc2-n2nnn(C)c2=O)n1. The number of hydrogen-bond donors (Lipinski definition) is 1. The number of H-pyrrole nitrogens is 1. The molecule has 3 rings (SSSR count). The quantitative estimate of drug-likeness (QED) is 0.723. The number of nitrogens with one attached hydrogen (secondary N) is 1. The summed E-state index contributed by atoms with van der Waals surface area (Å²) in [6.45, 7) is 2.17. The first kappa shape index (κ1) is 12.7. The molecule has 0 aliphatic carbocycles. The van der Waals surface area contributed by atoms with Crippen molar-refractivity contribution in [2.45, 2.75) is 20.0 Å². The predicted molar refractivity (Wildman–Crippen MR) is 76.7 cm³/mol. The summed E-state index contributed by atoms with van der Waals surface area (Å²) in [4.78, 5) is 16.3. The average Bonchev–Trinajstić information content (AvgIpc) is 3.11. The number of hydrogen-bond acceptors (Lipinski definition) is 6. The van der Waals surface area contributed by atoms with Crippen molar-refractivity contribution in [2.75, 3.05) is 0 Å². The van der Waals surface area contributed by atoms with Crippen LogP contribution in [0.15, 0.2) is 29.5 Å². The van der Waals surface area contributed by atoms with E-state index in [9.17, 15) is 4.79 Å². The molecule has 0 amide bonds. The first-order chi connectivity index (χ1) is 11.1. The second-order valence-electron chi connectivity index (χ2n) is 4.60. The van der Waals surface area contributed by atoms with Crippen LogP contribution < -0.4 is 10.4 Å². The Morgan fingerprint density at radius 2 is 2.27 bits per heavy atom. The lowest BCUT2D eigenvalue weighted by Crippen LogP contribution is -2.23. The fourth-order valence-corrected chi connectivity index (χ4v) is 2.08. The maximum atomic E-state index is 12.1. The summed E-state index contributed by atoms with van der Waals surface area (Å²) in [5.41, 5.74) is 1.87. The lowest BCUT2D eigenvalue weighted by Gasteiger charge is -2.12. The lowest BCUT2D eigenvalue weighted by molar-refractivity contribution is 0.291. The van der Waals surface area contributed by atoms with Gasteiger partial charge < -0.3 is 4.74 Å². The van der Waals surface area contributed by atoms with Crippen LogP contribution in [0.25, 0.3) is 5.69 Å². The Balaban J connectivity index is 2.00. The van der Waals surface area contributed by atoms with E-state index in [0.29, 0.717) is 11.6 Å². The molecule has 0 aromatic carbocycles. The van der Waals surface area contributed by atoms with Gasteiger partial charge in [0, 0.05) is 31.1 Å².